The van der Waals surface area contributed by atoms with Crippen molar-refractivity contribution in [3.63, 3.8) is 0 Å². The van der Waals surface area contributed by atoms with Crippen LogP contribution in [0.4, 0.5) is 17.3 Å². The maximum Gasteiger partial charge on any atom is 0.263 e. The number of nitrogens with zero attached hydrogens (tertiary/aromatic N) is 2. The van der Waals surface area contributed by atoms with Crippen LogP contribution in [-0.4, -0.2) is 25.7 Å². The third-order valence-electron chi connectivity index (χ3n) is 3.90. The molecule has 27 heavy (non-hydrogen) atoms. The van der Waals surface area contributed by atoms with Gasteiger partial charge in [0.1, 0.15) is 5.75 Å². The van der Waals surface area contributed by atoms with Gasteiger partial charge in [-0.1, -0.05) is 24.3 Å². The van der Waals surface area contributed by atoms with E-state index in [2.05, 4.69) is 20.2 Å². The van der Waals surface area contributed by atoms with Crippen molar-refractivity contribution >= 4 is 27.3 Å². The topological polar surface area (TPSA) is 93.2 Å². The minimum Gasteiger partial charge on any atom is -0.495 e. The summed E-state index contributed by atoms with van der Waals surface area (Å²) >= 11 is 0. The third kappa shape index (κ3) is 4.35. The average Bonchev–Trinajstić information content (AvgIpc) is 2.63. The van der Waals surface area contributed by atoms with Crippen LogP contribution in [0.1, 0.15) is 11.1 Å². The monoisotopic (exact) mass is 384 g/mol. The maximum absolute atomic E-state index is 12.5. The quantitative estimate of drug-likeness (QED) is 0.674. The fourth-order valence-corrected chi connectivity index (χ4v) is 3.81. The average molecular weight is 384 g/mol. The number of hydrogen-bond donors (Lipinski definition) is 2. The molecule has 0 saturated carbocycles. The molecule has 2 N–H and O–H groups in total. The van der Waals surface area contributed by atoms with Gasteiger partial charge in [-0.2, -0.15) is 0 Å². The number of nitrogens with one attached hydrogen (secondary N) is 2. The summed E-state index contributed by atoms with van der Waals surface area (Å²) < 4.78 is 32.8. The molecule has 0 aliphatic carbocycles. The second-order valence-corrected chi connectivity index (χ2v) is 7.65. The number of aryl methyl sites for hydroxylation is 2. The number of sulfonamides is 1. The number of benzene rings is 2. The Hall–Kier alpha value is -3.13. The molecule has 140 valence electrons. The lowest BCUT2D eigenvalue weighted by Crippen LogP contribution is -2.15. The molecule has 0 bridgehead atoms. The van der Waals surface area contributed by atoms with Crippen molar-refractivity contribution in [3.05, 3.63) is 65.7 Å². The number of hydrogen-bond acceptors (Lipinski definition) is 6. The fourth-order valence-electron chi connectivity index (χ4n) is 2.56. The predicted octanol–water partition coefficient (Wildman–Crippen LogP) is 3.65. The molecule has 0 saturated heterocycles. The van der Waals surface area contributed by atoms with E-state index in [-0.39, 0.29) is 10.7 Å². The van der Waals surface area contributed by atoms with Gasteiger partial charge >= 0.3 is 0 Å². The molecule has 7 nitrogen and oxygen atoms in total. The van der Waals surface area contributed by atoms with Crippen LogP contribution in [0.15, 0.2) is 59.5 Å². The summed E-state index contributed by atoms with van der Waals surface area (Å²) in [6, 6.07) is 15.7. The first kappa shape index (κ1) is 18.7. The Morgan fingerprint density at radius 3 is 2.30 bits per heavy atom. The summed E-state index contributed by atoms with van der Waals surface area (Å²) in [5, 5.41) is 11.1. The molecule has 1 heterocycles. The Balaban J connectivity index is 1.78. The largest absolute Gasteiger partial charge is 0.495 e. The lowest BCUT2D eigenvalue weighted by Gasteiger charge is -2.12. The minimum absolute atomic E-state index is 0.139. The molecule has 0 atom stereocenters. The highest BCUT2D eigenvalue weighted by atomic mass is 32.2. The van der Waals surface area contributed by atoms with Crippen molar-refractivity contribution < 1.29 is 13.2 Å². The van der Waals surface area contributed by atoms with Crippen LogP contribution in [0, 0.1) is 13.8 Å². The molecule has 0 spiro atoms. The van der Waals surface area contributed by atoms with E-state index >= 15 is 0 Å². The van der Waals surface area contributed by atoms with Crippen LogP contribution in [0.25, 0.3) is 0 Å². The number of rotatable bonds is 6. The van der Waals surface area contributed by atoms with E-state index in [1.54, 1.807) is 50.4 Å². The SMILES string of the molecule is COc1ccc(C)cc1Nc1ccc(NS(=O)(=O)c2ccccc2C)nn1. The molecule has 0 fully saturated rings. The number of ether oxygens (including phenoxy) is 1. The predicted molar refractivity (Wildman–Crippen MR) is 105 cm³/mol. The van der Waals surface area contributed by atoms with Crippen LogP contribution in [0.2, 0.25) is 0 Å². The molecular formula is C19H20N4O3S. The zero-order chi connectivity index (χ0) is 19.4. The normalized spacial score (nSPS) is 11.1. The van der Waals surface area contributed by atoms with E-state index in [4.69, 9.17) is 4.74 Å². The summed E-state index contributed by atoms with van der Waals surface area (Å²) in [7, 11) is -2.14. The zero-order valence-electron chi connectivity index (χ0n) is 15.2. The van der Waals surface area contributed by atoms with Gasteiger partial charge in [-0.05, 0) is 55.3 Å². The molecule has 2 aromatic carbocycles. The van der Waals surface area contributed by atoms with Gasteiger partial charge in [-0.25, -0.2) is 8.42 Å². The smallest absolute Gasteiger partial charge is 0.263 e. The van der Waals surface area contributed by atoms with E-state index in [1.807, 2.05) is 25.1 Å². The van der Waals surface area contributed by atoms with Crippen molar-refractivity contribution in [2.45, 2.75) is 18.7 Å². The number of anilines is 3. The highest BCUT2D eigenvalue weighted by Gasteiger charge is 2.17. The second-order valence-electron chi connectivity index (χ2n) is 6.00. The highest BCUT2D eigenvalue weighted by Crippen LogP contribution is 2.28. The highest BCUT2D eigenvalue weighted by molar-refractivity contribution is 7.92. The third-order valence-corrected chi connectivity index (χ3v) is 5.42. The van der Waals surface area contributed by atoms with Crippen molar-refractivity contribution in [2.24, 2.45) is 0 Å². The van der Waals surface area contributed by atoms with Crippen molar-refractivity contribution in [2.75, 3.05) is 17.1 Å². The molecule has 0 aliphatic rings. The van der Waals surface area contributed by atoms with Crippen LogP contribution in [0.3, 0.4) is 0 Å². The first-order chi connectivity index (χ1) is 12.9. The van der Waals surface area contributed by atoms with Crippen LogP contribution >= 0.6 is 0 Å². The van der Waals surface area contributed by atoms with Gasteiger partial charge in [0.15, 0.2) is 11.6 Å². The molecular weight excluding hydrogens is 364 g/mol. The number of aromatic nitrogens is 2. The van der Waals surface area contributed by atoms with Crippen molar-refractivity contribution in [3.8, 4) is 5.75 Å². The molecule has 0 radical (unpaired) electrons. The van der Waals surface area contributed by atoms with Gasteiger partial charge < -0.3 is 10.1 Å². The minimum atomic E-state index is -3.72. The number of methoxy groups -OCH3 is 1. The lowest BCUT2D eigenvalue weighted by atomic mass is 10.2. The second kappa shape index (κ2) is 7.63. The van der Waals surface area contributed by atoms with Gasteiger partial charge in [0.05, 0.1) is 17.7 Å². The van der Waals surface area contributed by atoms with Crippen LogP contribution in [0.5, 0.6) is 5.75 Å². The molecule has 0 unspecified atom stereocenters. The maximum atomic E-state index is 12.5. The van der Waals surface area contributed by atoms with E-state index in [0.29, 0.717) is 17.1 Å². The van der Waals surface area contributed by atoms with Gasteiger partial charge in [0.2, 0.25) is 0 Å². The first-order valence-electron chi connectivity index (χ1n) is 8.23. The summed E-state index contributed by atoms with van der Waals surface area (Å²) in [5.74, 6) is 1.28. The Kier molecular flexibility index (Phi) is 5.27. The summed E-state index contributed by atoms with van der Waals surface area (Å²) in [6.45, 7) is 3.71. The standard InChI is InChI=1S/C19H20N4O3S/c1-13-8-9-16(26-3)15(12-13)20-18-10-11-19(22-21-18)23-27(24,25)17-7-5-4-6-14(17)2/h4-12H,1-3H3,(H,20,21)(H,22,23). The molecule has 0 aliphatic heterocycles. The Bertz CT molecular complexity index is 1050. The molecule has 1 aromatic heterocycles. The van der Waals surface area contributed by atoms with Crippen molar-refractivity contribution in [1.29, 1.82) is 0 Å². The zero-order valence-corrected chi connectivity index (χ0v) is 16.0. The van der Waals surface area contributed by atoms with E-state index in [0.717, 1.165) is 11.3 Å². The first-order valence-corrected chi connectivity index (χ1v) is 9.71. The molecule has 3 aromatic rings. The van der Waals surface area contributed by atoms with Gasteiger partial charge in [-0.15, -0.1) is 10.2 Å². The van der Waals surface area contributed by atoms with Crippen LogP contribution in [-0.2, 0) is 10.0 Å². The van der Waals surface area contributed by atoms with Gasteiger partial charge in [-0.3, -0.25) is 4.72 Å². The van der Waals surface area contributed by atoms with E-state index in [1.165, 1.54) is 0 Å². The van der Waals surface area contributed by atoms with Crippen molar-refractivity contribution in [1.82, 2.24) is 10.2 Å². The van der Waals surface area contributed by atoms with E-state index in [9.17, 15) is 8.42 Å². The Morgan fingerprint density at radius 2 is 1.63 bits per heavy atom. The van der Waals surface area contributed by atoms with Gasteiger partial charge in [0, 0.05) is 0 Å². The Morgan fingerprint density at radius 1 is 0.926 bits per heavy atom. The lowest BCUT2D eigenvalue weighted by molar-refractivity contribution is 0.416. The van der Waals surface area contributed by atoms with Gasteiger partial charge in [0.25, 0.3) is 10.0 Å². The molecule has 0 amide bonds. The fraction of sp³-hybridized carbons (Fsp3) is 0.158. The summed E-state index contributed by atoms with van der Waals surface area (Å²) in [6.07, 6.45) is 0. The molecule has 8 heteroatoms. The summed E-state index contributed by atoms with van der Waals surface area (Å²) in [4.78, 5) is 0.207. The molecule has 3 rings (SSSR count). The summed E-state index contributed by atoms with van der Waals surface area (Å²) in [5.41, 5.74) is 2.47. The van der Waals surface area contributed by atoms with Crippen LogP contribution < -0.4 is 14.8 Å². The van der Waals surface area contributed by atoms with E-state index < -0.39 is 10.0 Å². The Labute approximate surface area is 158 Å².